The molecule has 1 fully saturated rings. The Balaban J connectivity index is 1.37. The van der Waals surface area contributed by atoms with Gasteiger partial charge in [-0.3, -0.25) is 4.90 Å². The highest BCUT2D eigenvalue weighted by Crippen LogP contribution is 2.38. The van der Waals surface area contributed by atoms with E-state index in [0.29, 0.717) is 12.1 Å². The lowest BCUT2D eigenvalue weighted by atomic mass is 9.99. The molecule has 0 aromatic heterocycles. The maximum atomic E-state index is 12.6. The second-order valence-electron chi connectivity index (χ2n) is 9.26. The van der Waals surface area contributed by atoms with Gasteiger partial charge in [-0.05, 0) is 98.2 Å². The van der Waals surface area contributed by atoms with Crippen molar-refractivity contribution in [2.45, 2.75) is 58.3 Å². The third kappa shape index (κ3) is 4.89. The largest absolute Gasteiger partial charge is 0.332 e. The molecule has 2 amide bonds. The Hall–Kier alpha value is -1.86. The number of rotatable bonds is 6. The Morgan fingerprint density at radius 3 is 2.30 bits per heavy atom. The Morgan fingerprint density at radius 2 is 1.70 bits per heavy atom. The van der Waals surface area contributed by atoms with Gasteiger partial charge in [0.05, 0.1) is 5.75 Å². The molecule has 0 bridgehead atoms. The summed E-state index contributed by atoms with van der Waals surface area (Å²) in [6.45, 7) is 8.70. The fraction of sp³-hybridized carbons (Fsp3) is 0.609. The van der Waals surface area contributed by atoms with Crippen LogP contribution in [-0.4, -0.2) is 44.7 Å². The minimum absolute atomic E-state index is 0.225. The number of nitrogens with one attached hydrogen (secondary N) is 2. The average Bonchev–Trinajstić information content (AvgIpc) is 3.31. The van der Waals surface area contributed by atoms with Crippen molar-refractivity contribution in [3.05, 3.63) is 40.5 Å². The molecule has 1 aliphatic heterocycles. The molecule has 0 atom stereocenters. The van der Waals surface area contributed by atoms with E-state index in [-0.39, 0.29) is 5.75 Å². The summed E-state index contributed by atoms with van der Waals surface area (Å²) in [5.41, 5.74) is 6.45. The van der Waals surface area contributed by atoms with Crippen LogP contribution in [0.3, 0.4) is 0 Å². The van der Waals surface area contributed by atoms with Gasteiger partial charge in [0.2, 0.25) is 10.0 Å². The van der Waals surface area contributed by atoms with E-state index in [1.54, 1.807) is 0 Å². The molecular weight excluding hydrogens is 398 g/mol. The molecule has 1 aromatic rings. The van der Waals surface area contributed by atoms with Crippen LogP contribution in [0.1, 0.15) is 54.9 Å². The summed E-state index contributed by atoms with van der Waals surface area (Å²) in [7, 11) is -3.78. The molecule has 1 heterocycles. The Labute approximate surface area is 180 Å². The number of benzene rings is 1. The molecule has 0 unspecified atom stereocenters. The number of hydrogen-bond donors (Lipinski definition) is 2. The van der Waals surface area contributed by atoms with Gasteiger partial charge in [-0.2, -0.15) is 0 Å². The van der Waals surface area contributed by atoms with Crippen LogP contribution in [0, 0.1) is 5.92 Å². The number of likely N-dealkylation sites (tertiary alicyclic amines) is 1. The predicted octanol–water partition coefficient (Wildman–Crippen LogP) is 3.40. The van der Waals surface area contributed by atoms with E-state index in [1.807, 2.05) is 0 Å². The molecular formula is C23H33N3O3S. The van der Waals surface area contributed by atoms with Crippen LogP contribution in [-0.2, 0) is 35.7 Å². The molecule has 4 rings (SSSR count). The molecule has 3 aliphatic rings. The van der Waals surface area contributed by atoms with Crippen molar-refractivity contribution in [2.24, 2.45) is 5.92 Å². The first-order valence-electron chi connectivity index (χ1n) is 11.2. The van der Waals surface area contributed by atoms with Gasteiger partial charge < -0.3 is 5.32 Å². The van der Waals surface area contributed by atoms with Crippen molar-refractivity contribution in [3.63, 3.8) is 0 Å². The lowest BCUT2D eigenvalue weighted by Crippen LogP contribution is -2.39. The fourth-order valence-electron chi connectivity index (χ4n) is 5.13. The van der Waals surface area contributed by atoms with Gasteiger partial charge in [-0.1, -0.05) is 19.6 Å². The zero-order chi connectivity index (χ0) is 21.3. The monoisotopic (exact) mass is 431 g/mol. The number of amides is 2. The number of nitrogens with zero attached hydrogens (tertiary/aromatic N) is 1. The summed E-state index contributed by atoms with van der Waals surface area (Å²) in [4.78, 5) is 14.8. The molecule has 0 saturated carbocycles. The summed E-state index contributed by atoms with van der Waals surface area (Å²) < 4.78 is 27.3. The molecule has 6 nitrogen and oxygen atoms in total. The first kappa shape index (κ1) is 21.4. The number of sulfonamides is 1. The number of fused-ring (bicyclic) bond motifs is 2. The molecule has 2 aliphatic carbocycles. The molecule has 1 aromatic carbocycles. The lowest BCUT2D eigenvalue weighted by molar-refractivity contribution is 0.206. The molecule has 7 heteroatoms. The average molecular weight is 432 g/mol. The SMILES string of the molecule is C=C(CN1CCC(C)CC1)CS(=O)(=O)NC(=O)Nc1c2c(cc3c1CCC3)CCC2. The van der Waals surface area contributed by atoms with E-state index in [1.165, 1.54) is 22.3 Å². The number of carbonyl (C=O) groups is 1. The Kier molecular flexibility index (Phi) is 6.21. The summed E-state index contributed by atoms with van der Waals surface area (Å²) in [5.74, 6) is 0.502. The molecule has 2 N–H and O–H groups in total. The smallest absolute Gasteiger partial charge is 0.307 e. The van der Waals surface area contributed by atoms with Crippen LogP contribution >= 0.6 is 0 Å². The third-order valence-electron chi connectivity index (χ3n) is 6.68. The summed E-state index contributed by atoms with van der Waals surface area (Å²) >= 11 is 0. The first-order chi connectivity index (χ1) is 14.3. The van der Waals surface area contributed by atoms with Crippen molar-refractivity contribution in [3.8, 4) is 0 Å². The molecule has 30 heavy (non-hydrogen) atoms. The Morgan fingerprint density at radius 1 is 1.10 bits per heavy atom. The van der Waals surface area contributed by atoms with Crippen molar-refractivity contribution in [1.29, 1.82) is 0 Å². The van der Waals surface area contributed by atoms with E-state index in [2.05, 4.69) is 34.5 Å². The highest BCUT2D eigenvalue weighted by Gasteiger charge is 2.26. The number of urea groups is 1. The summed E-state index contributed by atoms with van der Waals surface area (Å²) in [6.07, 6.45) is 8.38. The zero-order valence-electron chi connectivity index (χ0n) is 17.9. The number of anilines is 1. The minimum atomic E-state index is -3.78. The van der Waals surface area contributed by atoms with E-state index < -0.39 is 16.1 Å². The maximum Gasteiger partial charge on any atom is 0.332 e. The van der Waals surface area contributed by atoms with Crippen LogP contribution in [0.15, 0.2) is 18.2 Å². The summed E-state index contributed by atoms with van der Waals surface area (Å²) in [5, 5.41) is 2.89. The first-order valence-corrected chi connectivity index (χ1v) is 12.8. The van der Waals surface area contributed by atoms with E-state index in [9.17, 15) is 13.2 Å². The topological polar surface area (TPSA) is 78.5 Å². The van der Waals surface area contributed by atoms with Crippen LogP contribution in [0.25, 0.3) is 0 Å². The van der Waals surface area contributed by atoms with Crippen LogP contribution < -0.4 is 10.0 Å². The van der Waals surface area contributed by atoms with Crippen LogP contribution in [0.4, 0.5) is 10.5 Å². The number of aryl methyl sites for hydroxylation is 2. The highest BCUT2D eigenvalue weighted by molar-refractivity contribution is 7.90. The Bertz CT molecular complexity index is 915. The molecule has 164 valence electrons. The van der Waals surface area contributed by atoms with Crippen molar-refractivity contribution in [2.75, 3.05) is 30.7 Å². The van der Waals surface area contributed by atoms with Gasteiger partial charge in [0, 0.05) is 12.2 Å². The van der Waals surface area contributed by atoms with Crippen LogP contribution in [0.5, 0.6) is 0 Å². The van der Waals surface area contributed by atoms with E-state index in [0.717, 1.165) is 76.1 Å². The van der Waals surface area contributed by atoms with E-state index in [4.69, 9.17) is 0 Å². The normalized spacial score (nSPS) is 19.4. The number of carbonyl (C=O) groups excluding carboxylic acids is 1. The number of piperidine rings is 1. The van der Waals surface area contributed by atoms with Crippen molar-refractivity contribution >= 4 is 21.7 Å². The quantitative estimate of drug-likeness (QED) is 0.677. The van der Waals surface area contributed by atoms with Gasteiger partial charge in [0.25, 0.3) is 0 Å². The fourth-order valence-corrected chi connectivity index (χ4v) is 6.17. The molecule has 0 spiro atoms. The number of hydrogen-bond acceptors (Lipinski definition) is 4. The van der Waals surface area contributed by atoms with Crippen LogP contribution in [0.2, 0.25) is 0 Å². The maximum absolute atomic E-state index is 12.6. The van der Waals surface area contributed by atoms with Crippen molar-refractivity contribution < 1.29 is 13.2 Å². The second-order valence-corrected chi connectivity index (χ2v) is 11.0. The van der Waals surface area contributed by atoms with Gasteiger partial charge in [-0.25, -0.2) is 17.9 Å². The standard InChI is InChI=1S/C23H33N3O3S/c1-16-9-11-26(12-10-16)14-17(2)15-30(28,29)25-23(27)24-22-20-7-3-5-18(20)13-19-6-4-8-21(19)22/h13,16H,2-12,14-15H2,1H3,(H2,24,25,27). The zero-order valence-corrected chi connectivity index (χ0v) is 18.7. The van der Waals surface area contributed by atoms with Gasteiger partial charge in [-0.15, -0.1) is 0 Å². The minimum Gasteiger partial charge on any atom is -0.307 e. The third-order valence-corrected chi connectivity index (χ3v) is 7.96. The summed E-state index contributed by atoms with van der Waals surface area (Å²) in [6, 6.07) is 1.62. The molecule has 0 radical (unpaired) electrons. The lowest BCUT2D eigenvalue weighted by Gasteiger charge is -2.30. The van der Waals surface area contributed by atoms with Gasteiger partial charge >= 0.3 is 6.03 Å². The van der Waals surface area contributed by atoms with Gasteiger partial charge in [0.1, 0.15) is 0 Å². The second kappa shape index (κ2) is 8.71. The predicted molar refractivity (Wildman–Crippen MR) is 120 cm³/mol. The highest BCUT2D eigenvalue weighted by atomic mass is 32.2. The van der Waals surface area contributed by atoms with E-state index >= 15 is 0 Å². The van der Waals surface area contributed by atoms with Gasteiger partial charge in [0.15, 0.2) is 0 Å². The van der Waals surface area contributed by atoms with Crippen molar-refractivity contribution in [1.82, 2.24) is 9.62 Å². The molecule has 1 saturated heterocycles.